The van der Waals surface area contributed by atoms with Crippen LogP contribution in [0.2, 0.25) is 0 Å². The Morgan fingerprint density at radius 1 is 1.59 bits per heavy atom. The van der Waals surface area contributed by atoms with Crippen molar-refractivity contribution in [3.8, 4) is 6.07 Å². The average molecular weight is 240 g/mol. The van der Waals surface area contributed by atoms with Crippen LogP contribution >= 0.6 is 0 Å². The van der Waals surface area contributed by atoms with Crippen LogP contribution in [0.4, 0.5) is 8.78 Å². The summed E-state index contributed by atoms with van der Waals surface area (Å²) in [5.41, 5.74) is 4.36. The van der Waals surface area contributed by atoms with Crippen LogP contribution in [0.25, 0.3) is 0 Å². The topological polar surface area (TPSA) is 76.1 Å². The van der Waals surface area contributed by atoms with E-state index >= 15 is 0 Å². The zero-order valence-corrected chi connectivity index (χ0v) is 9.04. The first kappa shape index (κ1) is 13.1. The minimum atomic E-state index is -2.89. The van der Waals surface area contributed by atoms with E-state index in [9.17, 15) is 13.6 Å². The number of carbonyl (C=O) groups excluding carboxylic acids is 1. The van der Waals surface area contributed by atoms with E-state index in [1.807, 2.05) is 0 Å². The van der Waals surface area contributed by atoms with Gasteiger partial charge in [0.05, 0.1) is 18.2 Å². The van der Waals surface area contributed by atoms with Gasteiger partial charge < -0.3 is 10.5 Å². The lowest BCUT2D eigenvalue weighted by Crippen LogP contribution is -2.13. The predicted octanol–water partition coefficient (Wildman–Crippen LogP) is 1.74. The van der Waals surface area contributed by atoms with E-state index in [-0.39, 0.29) is 17.7 Å². The molecule has 0 spiro atoms. The Labute approximate surface area is 96.6 Å². The Bertz CT molecular complexity index is 481. The number of esters is 1. The van der Waals surface area contributed by atoms with Crippen molar-refractivity contribution >= 4 is 5.97 Å². The van der Waals surface area contributed by atoms with E-state index in [1.54, 1.807) is 6.07 Å². The zero-order chi connectivity index (χ0) is 13.0. The summed E-state index contributed by atoms with van der Waals surface area (Å²) in [5.74, 6) is -0.966. The van der Waals surface area contributed by atoms with E-state index in [0.29, 0.717) is 0 Å². The molecule has 1 aromatic carbocycles. The Morgan fingerprint density at radius 2 is 2.24 bits per heavy atom. The SMILES string of the molecule is COC(=O)c1c(C#N)ccc(CN)c1C(F)F. The number of alkyl halides is 2. The Hall–Kier alpha value is -2.00. The summed E-state index contributed by atoms with van der Waals surface area (Å²) in [7, 11) is 1.06. The van der Waals surface area contributed by atoms with Crippen molar-refractivity contribution < 1.29 is 18.3 Å². The number of hydrogen-bond acceptors (Lipinski definition) is 4. The fraction of sp³-hybridized carbons (Fsp3) is 0.273. The normalized spacial score (nSPS) is 10.1. The predicted molar refractivity (Wildman–Crippen MR) is 55.3 cm³/mol. The zero-order valence-electron chi connectivity index (χ0n) is 9.04. The number of nitrogens with two attached hydrogens (primary N) is 1. The number of ether oxygens (including phenoxy) is 1. The van der Waals surface area contributed by atoms with Crippen molar-refractivity contribution in [3.05, 3.63) is 34.4 Å². The average Bonchev–Trinajstić information content (AvgIpc) is 2.35. The van der Waals surface area contributed by atoms with Crippen LogP contribution in [0, 0.1) is 11.3 Å². The van der Waals surface area contributed by atoms with Gasteiger partial charge in [0.25, 0.3) is 6.43 Å². The minimum absolute atomic E-state index is 0.124. The summed E-state index contributed by atoms with van der Waals surface area (Å²) in [5, 5.41) is 8.80. The third-order valence-corrected chi connectivity index (χ3v) is 2.28. The van der Waals surface area contributed by atoms with Gasteiger partial charge in [-0.1, -0.05) is 6.07 Å². The Kier molecular flexibility index (Phi) is 4.12. The van der Waals surface area contributed by atoms with Crippen LogP contribution in [0.3, 0.4) is 0 Å². The first-order valence-corrected chi connectivity index (χ1v) is 4.69. The molecule has 0 radical (unpaired) electrons. The van der Waals surface area contributed by atoms with Crippen LogP contribution < -0.4 is 5.73 Å². The maximum absolute atomic E-state index is 12.9. The monoisotopic (exact) mass is 240 g/mol. The molecule has 90 valence electrons. The summed E-state index contributed by atoms with van der Waals surface area (Å²) >= 11 is 0. The standard InChI is InChI=1S/C11H10F2N2O2/c1-17-11(16)9-7(5-15)3-2-6(4-14)8(9)10(12)13/h2-3,10H,4,14H2,1H3. The summed E-state index contributed by atoms with van der Waals surface area (Å²) in [6.45, 7) is -0.143. The van der Waals surface area contributed by atoms with E-state index in [0.717, 1.165) is 7.11 Å². The largest absolute Gasteiger partial charge is 0.465 e. The van der Waals surface area contributed by atoms with Gasteiger partial charge in [0, 0.05) is 12.1 Å². The van der Waals surface area contributed by atoms with Gasteiger partial charge in [0.2, 0.25) is 0 Å². The molecule has 0 amide bonds. The lowest BCUT2D eigenvalue weighted by molar-refractivity contribution is 0.0588. The molecule has 6 heteroatoms. The number of hydrogen-bond donors (Lipinski definition) is 1. The smallest absolute Gasteiger partial charge is 0.339 e. The van der Waals surface area contributed by atoms with Gasteiger partial charge in [-0.25, -0.2) is 13.6 Å². The second kappa shape index (κ2) is 5.37. The first-order valence-electron chi connectivity index (χ1n) is 4.69. The van der Waals surface area contributed by atoms with Gasteiger partial charge in [-0.15, -0.1) is 0 Å². The van der Waals surface area contributed by atoms with Gasteiger partial charge >= 0.3 is 5.97 Å². The molecule has 0 aliphatic carbocycles. The van der Waals surface area contributed by atoms with Gasteiger partial charge in [0.15, 0.2) is 0 Å². The Balaban J connectivity index is 3.59. The van der Waals surface area contributed by atoms with Crippen molar-refractivity contribution in [3.63, 3.8) is 0 Å². The molecule has 4 nitrogen and oxygen atoms in total. The lowest BCUT2D eigenvalue weighted by Gasteiger charge is -2.13. The second-order valence-electron chi connectivity index (χ2n) is 3.17. The number of carbonyl (C=O) groups is 1. The molecule has 0 saturated carbocycles. The highest BCUT2D eigenvalue weighted by molar-refractivity contribution is 5.94. The number of nitrogens with zero attached hydrogens (tertiary/aromatic N) is 1. The number of benzene rings is 1. The third-order valence-electron chi connectivity index (χ3n) is 2.28. The minimum Gasteiger partial charge on any atom is -0.465 e. The quantitative estimate of drug-likeness (QED) is 0.816. The maximum atomic E-state index is 12.9. The number of nitriles is 1. The van der Waals surface area contributed by atoms with Crippen molar-refractivity contribution in [1.29, 1.82) is 5.26 Å². The molecule has 0 bridgehead atoms. The van der Waals surface area contributed by atoms with Crippen LogP contribution in [0.1, 0.15) is 33.5 Å². The van der Waals surface area contributed by atoms with Gasteiger partial charge in [-0.3, -0.25) is 0 Å². The Morgan fingerprint density at radius 3 is 2.65 bits per heavy atom. The molecule has 0 atom stereocenters. The first-order chi connectivity index (χ1) is 8.06. The summed E-state index contributed by atoms with van der Waals surface area (Å²) in [6, 6.07) is 4.27. The fourth-order valence-electron chi connectivity index (χ4n) is 1.51. The molecular weight excluding hydrogens is 230 g/mol. The maximum Gasteiger partial charge on any atom is 0.339 e. The molecule has 0 unspecified atom stereocenters. The molecule has 0 aromatic heterocycles. The van der Waals surface area contributed by atoms with E-state index in [1.165, 1.54) is 12.1 Å². The van der Waals surface area contributed by atoms with Crippen molar-refractivity contribution in [2.75, 3.05) is 7.11 Å². The molecule has 0 heterocycles. The number of rotatable bonds is 3. The van der Waals surface area contributed by atoms with Crippen LogP contribution in [0.5, 0.6) is 0 Å². The molecular formula is C11H10F2N2O2. The molecule has 0 aliphatic heterocycles. The van der Waals surface area contributed by atoms with Crippen molar-refractivity contribution in [1.82, 2.24) is 0 Å². The molecule has 0 aliphatic rings. The third kappa shape index (κ3) is 2.40. The molecule has 0 saturated heterocycles. The van der Waals surface area contributed by atoms with Gasteiger partial charge in [-0.05, 0) is 11.6 Å². The van der Waals surface area contributed by atoms with Crippen molar-refractivity contribution in [2.24, 2.45) is 5.73 Å². The van der Waals surface area contributed by atoms with E-state index in [2.05, 4.69) is 4.74 Å². The molecule has 1 rings (SSSR count). The fourth-order valence-corrected chi connectivity index (χ4v) is 1.51. The summed E-state index contributed by atoms with van der Waals surface area (Å²) in [4.78, 5) is 11.4. The molecule has 17 heavy (non-hydrogen) atoms. The highest BCUT2D eigenvalue weighted by atomic mass is 19.3. The van der Waals surface area contributed by atoms with Crippen molar-refractivity contribution in [2.45, 2.75) is 13.0 Å². The van der Waals surface area contributed by atoms with E-state index < -0.39 is 23.5 Å². The number of methoxy groups -OCH3 is 1. The number of halogens is 2. The molecule has 2 N–H and O–H groups in total. The van der Waals surface area contributed by atoms with Crippen LogP contribution in [0.15, 0.2) is 12.1 Å². The van der Waals surface area contributed by atoms with E-state index in [4.69, 9.17) is 11.0 Å². The lowest BCUT2D eigenvalue weighted by atomic mass is 9.96. The summed E-state index contributed by atoms with van der Waals surface area (Å²) in [6.07, 6.45) is -2.89. The van der Waals surface area contributed by atoms with Crippen LogP contribution in [-0.4, -0.2) is 13.1 Å². The molecule has 1 aromatic rings. The second-order valence-corrected chi connectivity index (χ2v) is 3.17. The summed E-state index contributed by atoms with van der Waals surface area (Å²) < 4.78 is 30.2. The van der Waals surface area contributed by atoms with Crippen LogP contribution in [-0.2, 0) is 11.3 Å². The highest BCUT2D eigenvalue weighted by Gasteiger charge is 2.25. The van der Waals surface area contributed by atoms with Gasteiger partial charge in [0.1, 0.15) is 6.07 Å². The molecule has 0 fully saturated rings. The van der Waals surface area contributed by atoms with Gasteiger partial charge in [-0.2, -0.15) is 5.26 Å². The highest BCUT2D eigenvalue weighted by Crippen LogP contribution is 2.29.